The first-order chi connectivity index (χ1) is 9.44. The smallest absolute Gasteiger partial charge is 0.127 e. The van der Waals surface area contributed by atoms with E-state index in [1.807, 2.05) is 0 Å². The molecular formula is C16H8F4. The summed E-state index contributed by atoms with van der Waals surface area (Å²) in [5.41, 5.74) is 0.440. The zero-order valence-corrected chi connectivity index (χ0v) is 10.1. The lowest BCUT2D eigenvalue weighted by atomic mass is 10.2. The van der Waals surface area contributed by atoms with Crippen LogP contribution in [0.2, 0.25) is 0 Å². The van der Waals surface area contributed by atoms with Gasteiger partial charge in [-0.3, -0.25) is 0 Å². The van der Waals surface area contributed by atoms with Gasteiger partial charge in [0.25, 0.3) is 0 Å². The molecule has 0 heterocycles. The highest BCUT2D eigenvalue weighted by atomic mass is 19.1. The first-order valence-corrected chi connectivity index (χ1v) is 5.30. The van der Waals surface area contributed by atoms with Crippen LogP contribution in [-0.2, 0) is 0 Å². The highest BCUT2D eigenvalue weighted by molar-refractivity contribution is 5.33. The van der Waals surface area contributed by atoms with Gasteiger partial charge in [0.1, 0.15) is 23.3 Å². The molecule has 0 aromatic heterocycles. The molecule has 20 heavy (non-hydrogen) atoms. The summed E-state index contributed by atoms with van der Waals surface area (Å²) in [6.07, 6.45) is 9.81. The highest BCUT2D eigenvalue weighted by Crippen LogP contribution is 2.06. The van der Waals surface area contributed by atoms with Crippen molar-refractivity contribution in [2.24, 2.45) is 0 Å². The predicted molar refractivity (Wildman–Crippen MR) is 68.6 cm³/mol. The van der Waals surface area contributed by atoms with E-state index in [1.165, 1.54) is 0 Å². The van der Waals surface area contributed by atoms with Crippen LogP contribution in [0.5, 0.6) is 0 Å². The Morgan fingerprint density at radius 2 is 0.800 bits per heavy atom. The largest absolute Gasteiger partial charge is 0.207 e. The molecule has 0 aliphatic heterocycles. The third kappa shape index (κ3) is 4.88. The third-order valence-electron chi connectivity index (χ3n) is 2.06. The van der Waals surface area contributed by atoms with Gasteiger partial charge in [-0.1, -0.05) is 11.8 Å². The van der Waals surface area contributed by atoms with Crippen LogP contribution in [0.3, 0.4) is 0 Å². The van der Waals surface area contributed by atoms with Gasteiger partial charge in [-0.05, 0) is 24.3 Å². The van der Waals surface area contributed by atoms with Gasteiger partial charge in [-0.25, -0.2) is 17.6 Å². The lowest BCUT2D eigenvalue weighted by Gasteiger charge is -1.90. The van der Waals surface area contributed by atoms with Crippen molar-refractivity contribution >= 4 is 0 Å². The summed E-state index contributed by atoms with van der Waals surface area (Å²) in [6, 6.07) is 5.96. The van der Waals surface area contributed by atoms with Crippen molar-refractivity contribution in [1.29, 1.82) is 0 Å². The average Bonchev–Trinajstić information content (AvgIpc) is 2.37. The molecule has 0 aliphatic carbocycles. The first-order valence-electron chi connectivity index (χ1n) is 5.30. The standard InChI is InChI=1S/2C8H4F2/c2*1-2-6-3-7(9)5-8(10)4-6/h2*1,3-5H. The maximum absolute atomic E-state index is 12.3. The molecule has 2 aromatic carbocycles. The van der Waals surface area contributed by atoms with Crippen LogP contribution in [-0.4, -0.2) is 0 Å². The molecule has 0 nitrogen and oxygen atoms in total. The van der Waals surface area contributed by atoms with E-state index < -0.39 is 23.3 Å². The number of hydrogen-bond acceptors (Lipinski definition) is 0. The lowest BCUT2D eigenvalue weighted by Crippen LogP contribution is -1.81. The molecule has 2 aromatic rings. The van der Waals surface area contributed by atoms with Crippen LogP contribution in [0.25, 0.3) is 0 Å². The zero-order valence-electron chi connectivity index (χ0n) is 10.1. The summed E-state index contributed by atoms with van der Waals surface area (Å²) in [5, 5.41) is 0. The minimum absolute atomic E-state index is 0.220. The Morgan fingerprint density at radius 1 is 0.550 bits per heavy atom. The number of halogens is 4. The number of terminal acetylenes is 2. The number of rotatable bonds is 0. The van der Waals surface area contributed by atoms with Crippen LogP contribution < -0.4 is 0 Å². The Hall–Kier alpha value is -2.72. The monoisotopic (exact) mass is 276 g/mol. The molecule has 0 aliphatic rings. The zero-order chi connectivity index (χ0) is 15.1. The van der Waals surface area contributed by atoms with Crippen LogP contribution >= 0.6 is 0 Å². The number of benzene rings is 2. The van der Waals surface area contributed by atoms with Crippen molar-refractivity contribution < 1.29 is 17.6 Å². The van der Waals surface area contributed by atoms with Gasteiger partial charge < -0.3 is 0 Å². The van der Waals surface area contributed by atoms with Crippen LogP contribution in [0, 0.1) is 48.0 Å². The minimum atomic E-state index is -0.645. The maximum Gasteiger partial charge on any atom is 0.127 e. The average molecular weight is 276 g/mol. The van der Waals surface area contributed by atoms with Gasteiger partial charge in [0.15, 0.2) is 0 Å². The molecule has 0 fully saturated rings. The Balaban J connectivity index is 0.000000200. The van der Waals surface area contributed by atoms with Crippen LogP contribution in [0.4, 0.5) is 17.6 Å². The second-order valence-electron chi connectivity index (χ2n) is 3.60. The molecule has 0 N–H and O–H groups in total. The number of hydrogen-bond donors (Lipinski definition) is 0. The Bertz CT molecular complexity index is 589. The lowest BCUT2D eigenvalue weighted by molar-refractivity contribution is 0.582. The fourth-order valence-electron chi connectivity index (χ4n) is 1.27. The summed E-state index contributed by atoms with van der Waals surface area (Å²) in [4.78, 5) is 0. The summed E-state index contributed by atoms with van der Waals surface area (Å²) in [7, 11) is 0. The summed E-state index contributed by atoms with van der Waals surface area (Å²) >= 11 is 0. The van der Waals surface area contributed by atoms with Crippen LogP contribution in [0.15, 0.2) is 36.4 Å². The molecule has 0 radical (unpaired) electrons. The molecule has 0 saturated heterocycles. The molecule has 0 spiro atoms. The highest BCUT2D eigenvalue weighted by Gasteiger charge is 1.96. The van der Waals surface area contributed by atoms with Gasteiger partial charge in [0.2, 0.25) is 0 Å². The Kier molecular flexibility index (Phi) is 5.38. The van der Waals surface area contributed by atoms with E-state index in [9.17, 15) is 17.6 Å². The van der Waals surface area contributed by atoms with E-state index >= 15 is 0 Å². The molecule has 0 unspecified atom stereocenters. The second-order valence-corrected chi connectivity index (χ2v) is 3.60. The first kappa shape index (κ1) is 15.3. The quantitative estimate of drug-likeness (QED) is 0.506. The van der Waals surface area contributed by atoms with Gasteiger partial charge in [0.05, 0.1) is 0 Å². The third-order valence-corrected chi connectivity index (χ3v) is 2.06. The molecule has 100 valence electrons. The molecular weight excluding hydrogens is 268 g/mol. The summed E-state index contributed by atoms with van der Waals surface area (Å²) in [6.45, 7) is 0. The van der Waals surface area contributed by atoms with Crippen molar-refractivity contribution in [3.63, 3.8) is 0 Å². The molecule has 2 rings (SSSR count). The van der Waals surface area contributed by atoms with Gasteiger partial charge in [-0.2, -0.15) is 0 Å². The van der Waals surface area contributed by atoms with Crippen molar-refractivity contribution in [2.75, 3.05) is 0 Å². The van der Waals surface area contributed by atoms with E-state index in [4.69, 9.17) is 12.8 Å². The minimum Gasteiger partial charge on any atom is -0.207 e. The van der Waals surface area contributed by atoms with Gasteiger partial charge in [-0.15, -0.1) is 12.8 Å². The molecule has 4 heteroatoms. The predicted octanol–water partition coefficient (Wildman–Crippen LogP) is 3.89. The van der Waals surface area contributed by atoms with Crippen molar-refractivity contribution in [1.82, 2.24) is 0 Å². The van der Waals surface area contributed by atoms with Gasteiger partial charge in [0, 0.05) is 23.3 Å². The maximum atomic E-state index is 12.3. The normalized spacial score (nSPS) is 8.90. The Labute approximate surface area is 114 Å². The van der Waals surface area contributed by atoms with E-state index in [2.05, 4.69) is 11.8 Å². The molecule has 0 bridgehead atoms. The van der Waals surface area contributed by atoms with E-state index in [-0.39, 0.29) is 11.1 Å². The van der Waals surface area contributed by atoms with Crippen molar-refractivity contribution in [3.05, 3.63) is 70.8 Å². The SMILES string of the molecule is C#Cc1cc(F)cc(F)c1.C#Cc1cc(F)cc(F)c1. The molecule has 0 amide bonds. The van der Waals surface area contributed by atoms with E-state index in [0.717, 1.165) is 36.4 Å². The van der Waals surface area contributed by atoms with Crippen molar-refractivity contribution in [2.45, 2.75) is 0 Å². The Morgan fingerprint density at radius 3 is 1.00 bits per heavy atom. The summed E-state index contributed by atoms with van der Waals surface area (Å²) in [5.74, 6) is 1.68. The van der Waals surface area contributed by atoms with Crippen LogP contribution in [0.1, 0.15) is 11.1 Å². The topological polar surface area (TPSA) is 0 Å². The van der Waals surface area contributed by atoms with E-state index in [1.54, 1.807) is 0 Å². The van der Waals surface area contributed by atoms with E-state index in [0.29, 0.717) is 0 Å². The molecule has 0 atom stereocenters. The van der Waals surface area contributed by atoms with Gasteiger partial charge >= 0.3 is 0 Å². The second kappa shape index (κ2) is 7.01. The molecule has 0 saturated carbocycles. The fourth-order valence-corrected chi connectivity index (χ4v) is 1.27. The summed E-state index contributed by atoms with van der Waals surface area (Å²) < 4.78 is 49.1. The fraction of sp³-hybridized carbons (Fsp3) is 0. The van der Waals surface area contributed by atoms with Crippen molar-refractivity contribution in [3.8, 4) is 24.7 Å².